The zero-order chi connectivity index (χ0) is 22.8. The van der Waals surface area contributed by atoms with Crippen LogP contribution >= 0.6 is 11.6 Å². The van der Waals surface area contributed by atoms with Gasteiger partial charge in [0, 0.05) is 56.6 Å². The van der Waals surface area contributed by atoms with Crippen molar-refractivity contribution in [3.8, 4) is 11.1 Å². The van der Waals surface area contributed by atoms with Crippen LogP contribution in [0.1, 0.15) is 36.1 Å². The first-order valence-corrected chi connectivity index (χ1v) is 11.5. The van der Waals surface area contributed by atoms with Crippen LogP contribution in [-0.4, -0.2) is 39.6 Å². The Kier molecular flexibility index (Phi) is 6.53. The molecule has 7 heteroatoms. The Labute approximate surface area is 195 Å². The standard InChI is InChI=1S/C25H31ClN6/c1-6-11-32-12-10-23-22(15-32)30-25(31(23)5)17(3)29-21-14-28-13-19(16(21)2)18-8-7-9-20(27-4)24(18)26/h7-9,13-14,27,29H,3,6,10-12,15H2,1-2,4-5H3. The summed E-state index contributed by atoms with van der Waals surface area (Å²) in [6, 6.07) is 5.97. The molecular formula is C25H31ClN6. The van der Waals surface area contributed by atoms with Crippen molar-refractivity contribution in [2.75, 3.05) is 30.8 Å². The number of fused-ring (bicyclic) bond motifs is 1. The number of halogens is 1. The highest BCUT2D eigenvalue weighted by Gasteiger charge is 2.23. The second-order valence-corrected chi connectivity index (χ2v) is 8.67. The van der Waals surface area contributed by atoms with Gasteiger partial charge in [0.25, 0.3) is 0 Å². The Hall–Kier alpha value is -2.83. The van der Waals surface area contributed by atoms with Gasteiger partial charge >= 0.3 is 0 Å². The molecule has 0 bridgehead atoms. The molecule has 0 amide bonds. The second kappa shape index (κ2) is 9.35. The van der Waals surface area contributed by atoms with Gasteiger partial charge in [0.2, 0.25) is 0 Å². The van der Waals surface area contributed by atoms with Crippen LogP contribution in [0.4, 0.5) is 11.4 Å². The Balaban J connectivity index is 1.61. The van der Waals surface area contributed by atoms with Gasteiger partial charge in [-0.25, -0.2) is 4.98 Å². The highest BCUT2D eigenvalue weighted by Crippen LogP contribution is 2.37. The molecule has 1 aliphatic heterocycles. The fourth-order valence-corrected chi connectivity index (χ4v) is 4.76. The minimum absolute atomic E-state index is 0.685. The number of anilines is 2. The van der Waals surface area contributed by atoms with Gasteiger partial charge in [-0.3, -0.25) is 9.88 Å². The van der Waals surface area contributed by atoms with Crippen LogP contribution in [0.5, 0.6) is 0 Å². The van der Waals surface area contributed by atoms with Crippen molar-refractivity contribution in [2.45, 2.75) is 33.2 Å². The molecule has 1 aromatic carbocycles. The van der Waals surface area contributed by atoms with Gasteiger partial charge in [0.05, 0.1) is 34.0 Å². The third-order valence-corrected chi connectivity index (χ3v) is 6.61. The summed E-state index contributed by atoms with van der Waals surface area (Å²) in [6.07, 6.45) is 5.85. The van der Waals surface area contributed by atoms with E-state index in [1.807, 2.05) is 37.6 Å². The van der Waals surface area contributed by atoms with Crippen LogP contribution in [0.25, 0.3) is 16.8 Å². The first-order chi connectivity index (χ1) is 15.4. The molecule has 2 aromatic heterocycles. The Morgan fingerprint density at radius 3 is 2.78 bits per heavy atom. The van der Waals surface area contributed by atoms with Crippen LogP contribution in [-0.2, 0) is 20.0 Å². The number of imidazole rings is 1. The molecule has 0 aliphatic carbocycles. The summed E-state index contributed by atoms with van der Waals surface area (Å²) in [5, 5.41) is 7.28. The number of nitrogens with zero attached hydrogens (tertiary/aromatic N) is 4. The van der Waals surface area contributed by atoms with Crippen molar-refractivity contribution in [2.24, 2.45) is 7.05 Å². The highest BCUT2D eigenvalue weighted by molar-refractivity contribution is 6.36. The van der Waals surface area contributed by atoms with Crippen LogP contribution in [0.15, 0.2) is 37.2 Å². The molecule has 0 atom stereocenters. The fourth-order valence-electron chi connectivity index (χ4n) is 4.43. The van der Waals surface area contributed by atoms with E-state index in [4.69, 9.17) is 16.6 Å². The lowest BCUT2D eigenvalue weighted by molar-refractivity contribution is 0.249. The van der Waals surface area contributed by atoms with E-state index in [1.54, 1.807) is 0 Å². The maximum Gasteiger partial charge on any atom is 0.156 e. The fraction of sp³-hybridized carbons (Fsp3) is 0.360. The number of hydrogen-bond acceptors (Lipinski definition) is 5. The minimum Gasteiger partial charge on any atom is -0.387 e. The summed E-state index contributed by atoms with van der Waals surface area (Å²) >= 11 is 6.64. The molecular weight excluding hydrogens is 420 g/mol. The normalized spacial score (nSPS) is 13.7. The van der Waals surface area contributed by atoms with Gasteiger partial charge in [-0.1, -0.05) is 37.2 Å². The van der Waals surface area contributed by atoms with E-state index in [0.717, 1.165) is 77.8 Å². The van der Waals surface area contributed by atoms with Crippen LogP contribution < -0.4 is 10.6 Å². The molecule has 0 saturated carbocycles. The van der Waals surface area contributed by atoms with Gasteiger partial charge in [-0.2, -0.15) is 0 Å². The van der Waals surface area contributed by atoms with E-state index in [-0.39, 0.29) is 0 Å². The lowest BCUT2D eigenvalue weighted by atomic mass is 10.0. The number of hydrogen-bond donors (Lipinski definition) is 2. The van der Waals surface area contributed by atoms with E-state index >= 15 is 0 Å². The second-order valence-electron chi connectivity index (χ2n) is 8.29. The molecule has 2 N–H and O–H groups in total. The average Bonchev–Trinajstić information content (AvgIpc) is 3.12. The van der Waals surface area contributed by atoms with Gasteiger partial charge in [0.1, 0.15) is 0 Å². The third kappa shape index (κ3) is 4.12. The first kappa shape index (κ1) is 22.4. The van der Waals surface area contributed by atoms with E-state index in [0.29, 0.717) is 5.02 Å². The van der Waals surface area contributed by atoms with Gasteiger partial charge < -0.3 is 15.2 Å². The maximum absolute atomic E-state index is 6.64. The molecule has 3 heterocycles. The smallest absolute Gasteiger partial charge is 0.156 e. The van der Waals surface area contributed by atoms with Crippen LogP contribution in [0.2, 0.25) is 5.02 Å². The molecule has 6 nitrogen and oxygen atoms in total. The predicted molar refractivity (Wildman–Crippen MR) is 134 cm³/mol. The van der Waals surface area contributed by atoms with Crippen molar-refractivity contribution in [3.05, 3.63) is 65.0 Å². The van der Waals surface area contributed by atoms with Crippen molar-refractivity contribution in [3.63, 3.8) is 0 Å². The Morgan fingerprint density at radius 1 is 1.22 bits per heavy atom. The third-order valence-electron chi connectivity index (χ3n) is 6.20. The largest absolute Gasteiger partial charge is 0.387 e. The topological polar surface area (TPSA) is 58.0 Å². The molecule has 1 aliphatic rings. The van der Waals surface area contributed by atoms with E-state index < -0.39 is 0 Å². The van der Waals surface area contributed by atoms with Crippen molar-refractivity contribution >= 4 is 28.7 Å². The quantitative estimate of drug-likeness (QED) is 0.509. The van der Waals surface area contributed by atoms with Gasteiger partial charge in [0.15, 0.2) is 5.82 Å². The van der Waals surface area contributed by atoms with E-state index in [1.165, 1.54) is 5.69 Å². The van der Waals surface area contributed by atoms with E-state index in [2.05, 4.69) is 52.6 Å². The predicted octanol–water partition coefficient (Wildman–Crippen LogP) is 5.34. The summed E-state index contributed by atoms with van der Waals surface area (Å²) in [7, 11) is 3.94. The lowest BCUT2D eigenvalue weighted by Gasteiger charge is -2.25. The summed E-state index contributed by atoms with van der Waals surface area (Å²) in [5.74, 6) is 0.869. The van der Waals surface area contributed by atoms with Crippen molar-refractivity contribution < 1.29 is 0 Å². The number of aromatic nitrogens is 3. The van der Waals surface area contributed by atoms with Gasteiger partial charge in [-0.15, -0.1) is 0 Å². The zero-order valence-corrected chi connectivity index (χ0v) is 20.1. The maximum atomic E-state index is 6.64. The van der Waals surface area contributed by atoms with Crippen molar-refractivity contribution in [1.82, 2.24) is 19.4 Å². The average molecular weight is 451 g/mol. The Bertz CT molecular complexity index is 1150. The zero-order valence-electron chi connectivity index (χ0n) is 19.3. The monoisotopic (exact) mass is 450 g/mol. The number of nitrogens with one attached hydrogen (secondary N) is 2. The molecule has 3 aromatic rings. The summed E-state index contributed by atoms with van der Waals surface area (Å²) in [5.41, 5.74) is 8.00. The Morgan fingerprint density at radius 2 is 2.03 bits per heavy atom. The molecule has 0 unspecified atom stereocenters. The SMILES string of the molecule is C=C(Nc1cncc(-c2cccc(NC)c2Cl)c1C)c1nc2c(n1C)CCN(CCC)C2. The molecule has 0 saturated heterocycles. The molecule has 168 valence electrons. The molecule has 0 spiro atoms. The lowest BCUT2D eigenvalue weighted by Crippen LogP contribution is -2.31. The van der Waals surface area contributed by atoms with Crippen molar-refractivity contribution in [1.29, 1.82) is 0 Å². The van der Waals surface area contributed by atoms with Crippen LogP contribution in [0, 0.1) is 6.92 Å². The number of benzene rings is 1. The van der Waals surface area contributed by atoms with Crippen LogP contribution in [0.3, 0.4) is 0 Å². The molecule has 0 radical (unpaired) electrons. The van der Waals surface area contributed by atoms with Gasteiger partial charge in [-0.05, 0) is 31.5 Å². The summed E-state index contributed by atoms with van der Waals surface area (Å²) < 4.78 is 2.17. The molecule has 4 rings (SSSR count). The first-order valence-electron chi connectivity index (χ1n) is 11.1. The highest BCUT2D eigenvalue weighted by atomic mass is 35.5. The molecule has 0 fully saturated rings. The number of pyridine rings is 1. The summed E-state index contributed by atoms with van der Waals surface area (Å²) in [6.45, 7) is 11.7. The minimum atomic E-state index is 0.685. The van der Waals surface area contributed by atoms with E-state index in [9.17, 15) is 0 Å². The number of rotatable bonds is 7. The summed E-state index contributed by atoms with van der Waals surface area (Å²) in [4.78, 5) is 11.9. The molecule has 32 heavy (non-hydrogen) atoms.